The van der Waals surface area contributed by atoms with Gasteiger partial charge in [-0.2, -0.15) is 5.10 Å². The van der Waals surface area contributed by atoms with Gasteiger partial charge in [0, 0.05) is 19.3 Å². The van der Waals surface area contributed by atoms with Crippen LogP contribution in [0.4, 0.5) is 0 Å². The maximum Gasteiger partial charge on any atom is 0.157 e. The van der Waals surface area contributed by atoms with E-state index in [1.807, 2.05) is 6.92 Å². The van der Waals surface area contributed by atoms with Crippen LogP contribution in [0.2, 0.25) is 0 Å². The van der Waals surface area contributed by atoms with Crippen LogP contribution in [0.5, 0.6) is 0 Å². The molecule has 0 fully saturated rings. The first kappa shape index (κ1) is 12.2. The Morgan fingerprint density at radius 3 is 2.73 bits per heavy atom. The van der Waals surface area contributed by atoms with Gasteiger partial charge in [0.1, 0.15) is 0 Å². The smallest absolute Gasteiger partial charge is 0.157 e. The summed E-state index contributed by atoms with van der Waals surface area (Å²) < 4.78 is 24.9. The van der Waals surface area contributed by atoms with Gasteiger partial charge in [-0.3, -0.25) is 4.68 Å². The zero-order valence-electron chi connectivity index (χ0n) is 9.05. The largest absolute Gasteiger partial charge is 0.327 e. The van der Waals surface area contributed by atoms with Crippen molar-refractivity contribution in [2.45, 2.75) is 25.1 Å². The molecule has 86 valence electrons. The van der Waals surface area contributed by atoms with Crippen LogP contribution in [0, 0.1) is 0 Å². The molecule has 0 aliphatic heterocycles. The van der Waals surface area contributed by atoms with Gasteiger partial charge in [-0.15, -0.1) is 0 Å². The third-order valence-corrected chi connectivity index (χ3v) is 3.80. The molecule has 0 spiro atoms. The molecule has 6 heteroatoms. The lowest BCUT2D eigenvalue weighted by Crippen LogP contribution is -2.29. The fourth-order valence-electron chi connectivity index (χ4n) is 1.27. The minimum absolute atomic E-state index is 0.0263. The first-order chi connectivity index (χ1) is 6.93. The lowest BCUT2D eigenvalue weighted by Gasteiger charge is -2.08. The van der Waals surface area contributed by atoms with E-state index in [1.54, 1.807) is 24.0 Å². The van der Waals surface area contributed by atoms with Crippen LogP contribution in [0.1, 0.15) is 19.0 Å². The van der Waals surface area contributed by atoms with Crippen molar-refractivity contribution in [3.63, 3.8) is 0 Å². The fraction of sp³-hybridized carbons (Fsp3) is 0.667. The number of nitrogens with zero attached hydrogens (tertiary/aromatic N) is 2. The van der Waals surface area contributed by atoms with E-state index in [2.05, 4.69) is 5.10 Å². The van der Waals surface area contributed by atoms with Gasteiger partial charge in [0.15, 0.2) is 9.84 Å². The number of hydrogen-bond donors (Lipinski definition) is 1. The average molecular weight is 231 g/mol. The number of aryl methyl sites for hydroxylation is 1. The van der Waals surface area contributed by atoms with Gasteiger partial charge in [-0.1, -0.05) is 6.92 Å². The second-order valence-electron chi connectivity index (χ2n) is 3.70. The summed E-state index contributed by atoms with van der Waals surface area (Å²) in [5.41, 5.74) is 6.18. The molecule has 1 aromatic rings. The van der Waals surface area contributed by atoms with Gasteiger partial charge in [0.25, 0.3) is 0 Å². The first-order valence-corrected chi connectivity index (χ1v) is 6.69. The molecule has 0 aliphatic carbocycles. The summed E-state index contributed by atoms with van der Waals surface area (Å²) in [6, 6.07) is 1.42. The van der Waals surface area contributed by atoms with Crippen LogP contribution in [0.3, 0.4) is 0 Å². The molecule has 5 nitrogen and oxygen atoms in total. The summed E-state index contributed by atoms with van der Waals surface area (Å²) in [7, 11) is -1.38. The van der Waals surface area contributed by atoms with E-state index in [4.69, 9.17) is 5.73 Å². The highest BCUT2D eigenvalue weighted by atomic mass is 32.2. The molecule has 0 saturated carbocycles. The molecule has 0 aliphatic rings. The molecular formula is C9H17N3O2S. The first-order valence-electron chi connectivity index (χ1n) is 4.87. The van der Waals surface area contributed by atoms with E-state index in [1.165, 1.54) is 0 Å². The van der Waals surface area contributed by atoms with Gasteiger partial charge in [-0.25, -0.2) is 8.42 Å². The Kier molecular flexibility index (Phi) is 3.87. The third-order valence-electron chi connectivity index (χ3n) is 2.13. The van der Waals surface area contributed by atoms with Crippen LogP contribution >= 0.6 is 0 Å². The summed E-state index contributed by atoms with van der Waals surface area (Å²) in [4.78, 5) is 0. The molecule has 0 amide bonds. The number of nitrogens with two attached hydrogens (primary N) is 1. The SMILES string of the molecule is CCC(N)CS(=O)(=O)Cc1ccn(C)n1. The van der Waals surface area contributed by atoms with E-state index >= 15 is 0 Å². The van der Waals surface area contributed by atoms with Crippen molar-refractivity contribution < 1.29 is 8.42 Å². The van der Waals surface area contributed by atoms with Crippen molar-refractivity contribution in [2.75, 3.05) is 5.75 Å². The Morgan fingerprint density at radius 2 is 2.27 bits per heavy atom. The van der Waals surface area contributed by atoms with Gasteiger partial charge >= 0.3 is 0 Å². The van der Waals surface area contributed by atoms with E-state index in [0.29, 0.717) is 12.1 Å². The van der Waals surface area contributed by atoms with Gasteiger partial charge in [0.05, 0.1) is 17.2 Å². The summed E-state index contributed by atoms with van der Waals surface area (Å²) in [6.07, 6.45) is 2.39. The number of rotatable bonds is 5. The minimum atomic E-state index is -3.13. The molecule has 1 rings (SSSR count). The van der Waals surface area contributed by atoms with Crippen molar-refractivity contribution in [1.82, 2.24) is 9.78 Å². The topological polar surface area (TPSA) is 78.0 Å². The molecule has 1 atom stereocenters. The van der Waals surface area contributed by atoms with Crippen LogP contribution in [0.15, 0.2) is 12.3 Å². The van der Waals surface area contributed by atoms with Crippen molar-refractivity contribution in [3.05, 3.63) is 18.0 Å². The number of sulfone groups is 1. The predicted octanol–water partition coefficient (Wildman–Crippen LogP) is 0.0722. The van der Waals surface area contributed by atoms with Crippen molar-refractivity contribution in [2.24, 2.45) is 12.8 Å². The monoisotopic (exact) mass is 231 g/mol. The summed E-state index contributed by atoms with van der Waals surface area (Å²) in [5.74, 6) is 0.00160. The van der Waals surface area contributed by atoms with Crippen molar-refractivity contribution in [1.29, 1.82) is 0 Å². The maximum atomic E-state index is 11.6. The Hall–Kier alpha value is -0.880. The quantitative estimate of drug-likeness (QED) is 0.778. The molecule has 2 N–H and O–H groups in total. The second kappa shape index (κ2) is 4.76. The van der Waals surface area contributed by atoms with E-state index in [0.717, 1.165) is 0 Å². The Labute approximate surface area is 90.2 Å². The third kappa shape index (κ3) is 4.01. The minimum Gasteiger partial charge on any atom is -0.327 e. The predicted molar refractivity (Wildman–Crippen MR) is 59.0 cm³/mol. The molecule has 0 bridgehead atoms. The van der Waals surface area contributed by atoms with Crippen molar-refractivity contribution >= 4 is 9.84 Å². The highest BCUT2D eigenvalue weighted by Crippen LogP contribution is 2.05. The van der Waals surface area contributed by atoms with E-state index in [-0.39, 0.29) is 17.5 Å². The maximum absolute atomic E-state index is 11.6. The molecule has 0 radical (unpaired) electrons. The summed E-state index contributed by atoms with van der Waals surface area (Å²) in [5, 5.41) is 4.03. The lowest BCUT2D eigenvalue weighted by atomic mass is 10.3. The molecule has 1 unspecified atom stereocenters. The highest BCUT2D eigenvalue weighted by molar-refractivity contribution is 7.90. The lowest BCUT2D eigenvalue weighted by molar-refractivity contribution is 0.582. The standard InChI is InChI=1S/C9H17N3O2S/c1-3-8(10)6-15(13,14)7-9-4-5-12(2)11-9/h4-5,8H,3,6-7,10H2,1-2H3. The van der Waals surface area contributed by atoms with Gasteiger partial charge in [-0.05, 0) is 12.5 Å². The molecule has 15 heavy (non-hydrogen) atoms. The number of hydrogen-bond acceptors (Lipinski definition) is 4. The molecule has 1 aromatic heterocycles. The van der Waals surface area contributed by atoms with E-state index in [9.17, 15) is 8.42 Å². The molecule has 0 aromatic carbocycles. The van der Waals surface area contributed by atoms with Crippen LogP contribution in [-0.4, -0.2) is 30.0 Å². The second-order valence-corrected chi connectivity index (χ2v) is 5.81. The Balaban J connectivity index is 2.64. The normalized spacial score (nSPS) is 14.1. The van der Waals surface area contributed by atoms with Crippen LogP contribution in [0.25, 0.3) is 0 Å². The fourth-order valence-corrected chi connectivity index (χ4v) is 2.88. The molecule has 1 heterocycles. The number of aromatic nitrogens is 2. The van der Waals surface area contributed by atoms with Gasteiger partial charge in [0.2, 0.25) is 0 Å². The molecule has 0 saturated heterocycles. The zero-order chi connectivity index (χ0) is 11.5. The van der Waals surface area contributed by atoms with Gasteiger partial charge < -0.3 is 5.73 Å². The van der Waals surface area contributed by atoms with Crippen LogP contribution in [-0.2, 0) is 22.6 Å². The van der Waals surface area contributed by atoms with E-state index < -0.39 is 9.84 Å². The highest BCUT2D eigenvalue weighted by Gasteiger charge is 2.17. The van der Waals surface area contributed by atoms with Crippen LogP contribution < -0.4 is 5.73 Å². The van der Waals surface area contributed by atoms with Crippen molar-refractivity contribution in [3.8, 4) is 0 Å². The summed E-state index contributed by atoms with van der Waals surface area (Å²) >= 11 is 0. The average Bonchev–Trinajstić information content (AvgIpc) is 2.49. The Morgan fingerprint density at radius 1 is 1.60 bits per heavy atom. The Bertz CT molecular complexity index is 411. The summed E-state index contributed by atoms with van der Waals surface area (Å²) in [6.45, 7) is 1.88. The zero-order valence-corrected chi connectivity index (χ0v) is 9.87. The molecular weight excluding hydrogens is 214 g/mol.